The maximum Gasteiger partial charge on any atom is 0.257 e. The van der Waals surface area contributed by atoms with Gasteiger partial charge >= 0.3 is 0 Å². The maximum absolute atomic E-state index is 12.5. The Labute approximate surface area is 179 Å². The Kier molecular flexibility index (Phi) is 5.32. The summed E-state index contributed by atoms with van der Waals surface area (Å²) in [6.45, 7) is 0. The Hall–Kier alpha value is -4.26. The summed E-state index contributed by atoms with van der Waals surface area (Å²) < 4.78 is 5.04. The number of aromatic hydroxyl groups is 1. The molecule has 0 radical (unpaired) electrons. The van der Waals surface area contributed by atoms with Gasteiger partial charge in [-0.05, 0) is 53.9 Å². The number of carbonyl (C=O) groups is 2. The van der Waals surface area contributed by atoms with Gasteiger partial charge in [0.1, 0.15) is 0 Å². The van der Waals surface area contributed by atoms with Crippen molar-refractivity contribution in [1.29, 1.82) is 0 Å². The smallest absolute Gasteiger partial charge is 0.257 e. The number of fused-ring (bicyclic) bond motifs is 1. The molecule has 3 aromatic carbocycles. The number of ether oxygens (including phenoxy) is 1. The number of hydrogen-bond acceptors (Lipinski definition) is 5. The van der Waals surface area contributed by atoms with Gasteiger partial charge in [-0.1, -0.05) is 18.2 Å². The second-order valence-corrected chi connectivity index (χ2v) is 7.16. The minimum Gasteiger partial charge on any atom is -0.504 e. The van der Waals surface area contributed by atoms with Gasteiger partial charge in [0.05, 0.1) is 12.7 Å². The zero-order chi connectivity index (χ0) is 22.0. The quantitative estimate of drug-likeness (QED) is 0.460. The number of amides is 2. The van der Waals surface area contributed by atoms with Gasteiger partial charge in [0.15, 0.2) is 11.5 Å². The van der Waals surface area contributed by atoms with Crippen LogP contribution in [0.2, 0.25) is 0 Å². The first-order valence-corrected chi connectivity index (χ1v) is 9.61. The van der Waals surface area contributed by atoms with Gasteiger partial charge < -0.3 is 26.2 Å². The van der Waals surface area contributed by atoms with Crippen LogP contribution in [0.4, 0.5) is 11.4 Å². The normalized spacial score (nSPS) is 13.6. The lowest BCUT2D eigenvalue weighted by Gasteiger charge is -2.08. The summed E-state index contributed by atoms with van der Waals surface area (Å²) in [7, 11) is 1.48. The number of primary amides is 1. The van der Waals surface area contributed by atoms with E-state index in [-0.39, 0.29) is 11.7 Å². The molecular formula is C24H21N3O4. The maximum atomic E-state index is 12.5. The highest BCUT2D eigenvalue weighted by atomic mass is 16.5. The molecule has 0 aliphatic carbocycles. The third kappa shape index (κ3) is 4.20. The van der Waals surface area contributed by atoms with Gasteiger partial charge in [-0.2, -0.15) is 0 Å². The topological polar surface area (TPSA) is 114 Å². The number of nitrogens with one attached hydrogen (secondary N) is 2. The minimum absolute atomic E-state index is 0.00631. The van der Waals surface area contributed by atoms with E-state index in [1.54, 1.807) is 30.5 Å². The van der Waals surface area contributed by atoms with E-state index < -0.39 is 5.91 Å². The Morgan fingerprint density at radius 1 is 1.10 bits per heavy atom. The average molecular weight is 415 g/mol. The summed E-state index contributed by atoms with van der Waals surface area (Å²) in [4.78, 5) is 23.7. The summed E-state index contributed by atoms with van der Waals surface area (Å²) >= 11 is 0. The number of anilines is 2. The molecule has 0 saturated heterocycles. The molecule has 0 saturated carbocycles. The van der Waals surface area contributed by atoms with Gasteiger partial charge in [0, 0.05) is 34.8 Å². The van der Waals surface area contributed by atoms with Crippen LogP contribution in [0.5, 0.6) is 11.5 Å². The number of nitrogens with two attached hydrogens (primary N) is 1. The molecule has 0 aromatic heterocycles. The van der Waals surface area contributed by atoms with Crippen LogP contribution < -0.4 is 21.1 Å². The largest absolute Gasteiger partial charge is 0.504 e. The van der Waals surface area contributed by atoms with Gasteiger partial charge in [0.25, 0.3) is 5.91 Å². The Balaban J connectivity index is 1.56. The van der Waals surface area contributed by atoms with E-state index in [1.807, 2.05) is 30.3 Å². The number of hydrogen-bond donors (Lipinski definition) is 4. The fourth-order valence-corrected chi connectivity index (χ4v) is 3.45. The third-order valence-electron chi connectivity index (χ3n) is 5.08. The van der Waals surface area contributed by atoms with Crippen LogP contribution in [0.3, 0.4) is 0 Å². The summed E-state index contributed by atoms with van der Waals surface area (Å²) in [5, 5.41) is 15.8. The third-order valence-corrected chi connectivity index (χ3v) is 5.08. The molecule has 0 atom stereocenters. The van der Waals surface area contributed by atoms with Gasteiger partial charge in [-0.3, -0.25) is 9.59 Å². The lowest BCUT2D eigenvalue weighted by molar-refractivity contribution is -0.110. The second kappa shape index (κ2) is 8.23. The van der Waals surface area contributed by atoms with Crippen molar-refractivity contribution in [3.8, 4) is 11.5 Å². The van der Waals surface area contributed by atoms with Crippen LogP contribution in [-0.4, -0.2) is 24.0 Å². The van der Waals surface area contributed by atoms with Crippen LogP contribution in [0, 0.1) is 0 Å². The van der Waals surface area contributed by atoms with Crippen molar-refractivity contribution in [3.63, 3.8) is 0 Å². The lowest BCUT2D eigenvalue weighted by Crippen LogP contribution is -2.10. The number of carbonyl (C=O) groups excluding carboxylic acids is 2. The van der Waals surface area contributed by atoms with Crippen LogP contribution in [-0.2, 0) is 11.2 Å². The Bertz CT molecular complexity index is 1200. The zero-order valence-electron chi connectivity index (χ0n) is 16.8. The molecule has 7 heteroatoms. The van der Waals surface area contributed by atoms with Crippen LogP contribution in [0.15, 0.2) is 66.9 Å². The molecule has 0 spiro atoms. The summed E-state index contributed by atoms with van der Waals surface area (Å²) in [5.41, 5.74) is 10.5. The molecule has 0 bridgehead atoms. The first-order chi connectivity index (χ1) is 14.9. The van der Waals surface area contributed by atoms with E-state index in [0.717, 1.165) is 22.4 Å². The number of methoxy groups -OCH3 is 1. The highest BCUT2D eigenvalue weighted by Gasteiger charge is 2.24. The van der Waals surface area contributed by atoms with Gasteiger partial charge in [0.2, 0.25) is 5.91 Å². The van der Waals surface area contributed by atoms with Crippen LogP contribution >= 0.6 is 0 Å². The summed E-state index contributed by atoms with van der Waals surface area (Å²) in [6.07, 6.45) is 2.27. The number of phenols is 1. The van der Waals surface area contributed by atoms with Crippen LogP contribution in [0.25, 0.3) is 5.57 Å². The van der Waals surface area contributed by atoms with E-state index in [2.05, 4.69) is 10.6 Å². The first kappa shape index (κ1) is 20.0. The molecule has 156 valence electrons. The molecule has 5 N–H and O–H groups in total. The Morgan fingerprint density at radius 2 is 1.84 bits per heavy atom. The SMILES string of the molecule is COc1ccc(NC=C2C(=O)Nc3ccc(Cc4ccc(C(N)=O)cc4)cc32)cc1O. The number of phenolic OH excluding ortho intramolecular Hbond substituents is 1. The molecule has 1 aliphatic rings. The molecule has 31 heavy (non-hydrogen) atoms. The van der Waals surface area contributed by atoms with Crippen molar-refractivity contribution in [2.24, 2.45) is 5.73 Å². The summed E-state index contributed by atoms with van der Waals surface area (Å²) in [5.74, 6) is -0.285. The molecular weight excluding hydrogens is 394 g/mol. The van der Waals surface area contributed by atoms with E-state index in [1.165, 1.54) is 13.2 Å². The summed E-state index contributed by atoms with van der Waals surface area (Å²) in [6, 6.07) is 17.8. The van der Waals surface area contributed by atoms with Crippen molar-refractivity contribution < 1.29 is 19.4 Å². The zero-order valence-corrected chi connectivity index (χ0v) is 16.8. The van der Waals surface area contributed by atoms with Crippen molar-refractivity contribution >= 4 is 28.8 Å². The monoisotopic (exact) mass is 415 g/mol. The highest BCUT2D eigenvalue weighted by molar-refractivity contribution is 6.31. The average Bonchev–Trinajstić information content (AvgIpc) is 3.07. The van der Waals surface area contributed by atoms with Crippen molar-refractivity contribution in [3.05, 3.63) is 89.1 Å². The second-order valence-electron chi connectivity index (χ2n) is 7.16. The predicted octanol–water partition coefficient (Wildman–Crippen LogP) is 3.50. The number of rotatable bonds is 6. The Morgan fingerprint density at radius 3 is 2.52 bits per heavy atom. The molecule has 2 amide bonds. The van der Waals surface area contributed by atoms with Crippen LogP contribution in [0.1, 0.15) is 27.0 Å². The lowest BCUT2D eigenvalue weighted by atomic mass is 9.99. The molecule has 7 nitrogen and oxygen atoms in total. The van der Waals surface area contributed by atoms with Crippen molar-refractivity contribution in [2.45, 2.75) is 6.42 Å². The predicted molar refractivity (Wildman–Crippen MR) is 119 cm³/mol. The van der Waals surface area contributed by atoms with Gasteiger partial charge in [-0.15, -0.1) is 0 Å². The fraction of sp³-hybridized carbons (Fsp3) is 0.0833. The van der Waals surface area contributed by atoms with Gasteiger partial charge in [-0.25, -0.2) is 0 Å². The fourth-order valence-electron chi connectivity index (χ4n) is 3.45. The highest BCUT2D eigenvalue weighted by Crippen LogP contribution is 2.34. The molecule has 0 unspecified atom stereocenters. The van der Waals surface area contributed by atoms with Crippen molar-refractivity contribution in [2.75, 3.05) is 17.7 Å². The van der Waals surface area contributed by atoms with Crippen molar-refractivity contribution in [1.82, 2.24) is 0 Å². The standard InChI is InChI=1S/C24H21N3O4/c1-31-22-9-7-17(12-21(22)28)26-13-19-18-11-15(4-8-20(18)27-24(19)30)10-14-2-5-16(6-3-14)23(25)29/h2-9,11-13,26,28H,10H2,1H3,(H2,25,29)(H,27,30). The molecule has 4 rings (SSSR count). The molecule has 0 fully saturated rings. The van der Waals surface area contributed by atoms with E-state index in [4.69, 9.17) is 10.5 Å². The minimum atomic E-state index is -0.457. The molecule has 1 aliphatic heterocycles. The first-order valence-electron chi connectivity index (χ1n) is 9.61. The van der Waals surface area contributed by atoms with E-state index >= 15 is 0 Å². The molecule has 3 aromatic rings. The molecule has 1 heterocycles. The number of benzene rings is 3. The van der Waals surface area contributed by atoms with E-state index in [9.17, 15) is 14.7 Å². The van der Waals surface area contributed by atoms with E-state index in [0.29, 0.717) is 29.0 Å².